The van der Waals surface area contributed by atoms with Crippen LogP contribution in [-0.2, 0) is 28.7 Å². The van der Waals surface area contributed by atoms with Crippen molar-refractivity contribution in [2.75, 3.05) is 0 Å². The van der Waals surface area contributed by atoms with Gasteiger partial charge in [0.1, 0.15) is 22.5 Å². The third kappa shape index (κ3) is 6.87. The average Bonchev–Trinajstić information content (AvgIpc) is 3.56. The molecule has 0 aliphatic rings. The zero-order valence-corrected chi connectivity index (χ0v) is 28.4. The largest absolute Gasteiger partial charge is 0.505 e. The van der Waals surface area contributed by atoms with Crippen molar-refractivity contribution in [1.82, 2.24) is 20.3 Å². The van der Waals surface area contributed by atoms with Crippen molar-refractivity contribution in [2.24, 2.45) is 0 Å². The van der Waals surface area contributed by atoms with E-state index in [9.17, 15) is 19.3 Å². The maximum absolute atomic E-state index is 14.8. The molecule has 1 aromatic heterocycles. The fraction of sp³-hybridized carbons (Fsp3) is 0.150. The lowest BCUT2D eigenvalue weighted by Crippen LogP contribution is -2.23. The van der Waals surface area contributed by atoms with Crippen LogP contribution in [0.15, 0.2) is 122 Å². The van der Waals surface area contributed by atoms with Crippen LogP contribution in [0.25, 0.3) is 16.7 Å². The van der Waals surface area contributed by atoms with E-state index in [1.165, 1.54) is 10.9 Å². The molecule has 9 heteroatoms. The van der Waals surface area contributed by atoms with Crippen molar-refractivity contribution >= 4 is 40.2 Å². The van der Waals surface area contributed by atoms with E-state index in [1.54, 1.807) is 24.3 Å². The Hall–Kier alpha value is -5.59. The molecule has 0 saturated carbocycles. The average molecular weight is 669 g/mol. The van der Waals surface area contributed by atoms with Crippen molar-refractivity contribution in [1.29, 1.82) is 0 Å². The number of hydrogen-bond donors (Lipinski definition) is 2. The van der Waals surface area contributed by atoms with Gasteiger partial charge in [0.05, 0.1) is 0 Å². The number of nitrogens with one attached hydrogen (secondary N) is 1. The van der Waals surface area contributed by atoms with Gasteiger partial charge < -0.3 is 15.0 Å². The maximum atomic E-state index is 14.8. The summed E-state index contributed by atoms with van der Waals surface area (Å²) in [6.07, 6.45) is 3.37. The topological polar surface area (TPSA) is 114 Å². The molecule has 0 radical (unpaired) electrons. The lowest BCUT2D eigenvalue weighted by atomic mass is 9.96. The molecule has 49 heavy (non-hydrogen) atoms. The first-order valence-electron chi connectivity index (χ1n) is 16.1. The molecule has 8 nitrogen and oxygen atoms in total. The molecule has 2 N–H and O–H groups in total. The van der Waals surface area contributed by atoms with E-state index in [0.29, 0.717) is 44.9 Å². The minimum atomic E-state index is -3.63. The molecule has 0 atom stereocenters. The lowest BCUT2D eigenvalue weighted by Gasteiger charge is -2.21. The number of aryl methyl sites for hydroxylation is 4. The smallest absolute Gasteiger partial charge is 0.243 e. The molecule has 0 aliphatic heterocycles. The van der Waals surface area contributed by atoms with Crippen molar-refractivity contribution in [3.05, 3.63) is 155 Å². The van der Waals surface area contributed by atoms with Crippen LogP contribution in [0.5, 0.6) is 5.75 Å². The zero-order chi connectivity index (χ0) is 34.5. The number of carbonyl (C=O) groups excluding carboxylic acids is 2. The second kappa shape index (κ2) is 14.3. The molecule has 6 aromatic rings. The molecule has 0 aliphatic carbocycles. The third-order valence-corrected chi connectivity index (χ3v) is 11.5. The van der Waals surface area contributed by atoms with Crippen molar-refractivity contribution in [2.45, 2.75) is 39.7 Å². The SMILES string of the molecule is C=CC(=O)NCc1cc(CCCc2cc(C)c(C(=O)P(=O)(c3ccccc3)c3ccccc3)c(C)c2)cc(-n2nc3ccccc3n2)c1O. The second-order valence-electron chi connectivity index (χ2n) is 12.1. The first kappa shape index (κ1) is 33.3. The number of aromatic nitrogens is 3. The highest BCUT2D eigenvalue weighted by atomic mass is 31.2. The number of hydrogen-bond acceptors (Lipinski definition) is 6. The molecule has 0 spiro atoms. The number of phenolic OH excluding ortho intramolecular Hbond substituents is 1. The van der Waals surface area contributed by atoms with E-state index in [4.69, 9.17) is 0 Å². The Kier molecular flexibility index (Phi) is 9.70. The van der Waals surface area contributed by atoms with Crippen molar-refractivity contribution in [3.8, 4) is 11.4 Å². The zero-order valence-electron chi connectivity index (χ0n) is 27.5. The van der Waals surface area contributed by atoms with E-state index in [1.807, 2.05) is 98.8 Å². The highest BCUT2D eigenvalue weighted by Gasteiger charge is 2.38. The summed E-state index contributed by atoms with van der Waals surface area (Å²) in [4.78, 5) is 27.6. The summed E-state index contributed by atoms with van der Waals surface area (Å²) < 4.78 is 14.8. The number of benzene rings is 5. The van der Waals surface area contributed by atoms with E-state index >= 15 is 0 Å². The van der Waals surface area contributed by atoms with Gasteiger partial charge in [0, 0.05) is 28.3 Å². The summed E-state index contributed by atoms with van der Waals surface area (Å²) in [5.41, 5.74) is 6.09. The number of amides is 1. The number of phenols is 1. The molecule has 5 aromatic carbocycles. The molecule has 246 valence electrons. The van der Waals surface area contributed by atoms with E-state index < -0.39 is 7.14 Å². The van der Waals surface area contributed by atoms with Crippen molar-refractivity contribution < 1.29 is 19.3 Å². The van der Waals surface area contributed by atoms with E-state index in [-0.39, 0.29) is 23.7 Å². The van der Waals surface area contributed by atoms with Gasteiger partial charge >= 0.3 is 0 Å². The minimum absolute atomic E-state index is 0.0109. The number of nitrogens with zero attached hydrogens (tertiary/aromatic N) is 3. The van der Waals surface area contributed by atoms with E-state index in [0.717, 1.165) is 35.1 Å². The standard InChI is InChI=1S/C40H37N4O4P/c1-4-37(45)41-26-31-24-30(25-36(39(31)46)44-42-34-20-11-12-21-35(34)43-44)15-13-14-29-22-27(2)38(28(3)23-29)40(47)49(48,32-16-7-5-8-17-32)33-18-9-6-10-19-33/h4-12,16-25,46H,1,13-15,26H2,2-3H3,(H,41,45). The molecular formula is C40H37N4O4P. The van der Waals surface area contributed by atoms with Gasteiger partial charge in [0.25, 0.3) is 0 Å². The molecular weight excluding hydrogens is 631 g/mol. The van der Waals surface area contributed by atoms with Gasteiger partial charge in [-0.05, 0) is 79.6 Å². The summed E-state index contributed by atoms with van der Waals surface area (Å²) >= 11 is 0. The highest BCUT2D eigenvalue weighted by Crippen LogP contribution is 2.48. The lowest BCUT2D eigenvalue weighted by molar-refractivity contribution is -0.116. The summed E-state index contributed by atoms with van der Waals surface area (Å²) in [6.45, 7) is 7.43. The Balaban J connectivity index is 1.26. The maximum Gasteiger partial charge on any atom is 0.243 e. The predicted octanol–water partition coefficient (Wildman–Crippen LogP) is 6.87. The first-order chi connectivity index (χ1) is 23.7. The van der Waals surface area contributed by atoms with Gasteiger partial charge in [-0.1, -0.05) is 97.6 Å². The number of aromatic hydroxyl groups is 1. The quantitative estimate of drug-likeness (QED) is 0.109. The third-order valence-electron chi connectivity index (χ3n) is 8.63. The number of fused-ring (bicyclic) bond motifs is 1. The van der Waals surface area contributed by atoms with Crippen LogP contribution in [0.2, 0.25) is 0 Å². The van der Waals surface area contributed by atoms with Crippen LogP contribution in [0.4, 0.5) is 0 Å². The van der Waals surface area contributed by atoms with Gasteiger partial charge in [-0.25, -0.2) is 0 Å². The fourth-order valence-electron chi connectivity index (χ4n) is 6.24. The molecule has 1 heterocycles. The molecule has 6 rings (SSSR count). The van der Waals surface area contributed by atoms with E-state index in [2.05, 4.69) is 22.1 Å². The fourth-order valence-corrected chi connectivity index (χ4v) is 8.86. The molecule has 1 amide bonds. The summed E-state index contributed by atoms with van der Waals surface area (Å²) in [7, 11) is -3.63. The molecule has 0 saturated heterocycles. The minimum Gasteiger partial charge on any atom is -0.505 e. The van der Waals surface area contributed by atoms with Crippen LogP contribution in [0.3, 0.4) is 0 Å². The summed E-state index contributed by atoms with van der Waals surface area (Å²) in [6, 6.07) is 33.3. The number of rotatable bonds is 12. The van der Waals surface area contributed by atoms with Crippen LogP contribution in [0, 0.1) is 13.8 Å². The van der Waals surface area contributed by atoms with Crippen LogP contribution >= 0.6 is 7.14 Å². The van der Waals surface area contributed by atoms with Crippen LogP contribution < -0.4 is 15.9 Å². The van der Waals surface area contributed by atoms with Gasteiger partial charge in [-0.2, -0.15) is 0 Å². The van der Waals surface area contributed by atoms with Gasteiger partial charge in [-0.15, -0.1) is 15.0 Å². The number of carbonyl (C=O) groups is 2. The van der Waals surface area contributed by atoms with Crippen molar-refractivity contribution in [3.63, 3.8) is 0 Å². The molecule has 0 fully saturated rings. The Bertz CT molecular complexity index is 2130. The first-order valence-corrected chi connectivity index (χ1v) is 17.8. The molecule has 0 bridgehead atoms. The Morgan fingerprint density at radius 2 is 1.31 bits per heavy atom. The Labute approximate surface area is 285 Å². The summed E-state index contributed by atoms with van der Waals surface area (Å²) in [5.74, 6) is -0.353. The highest BCUT2D eigenvalue weighted by molar-refractivity contribution is 7.93. The van der Waals surface area contributed by atoms with Gasteiger partial charge in [-0.3, -0.25) is 9.59 Å². The molecule has 0 unspecified atom stereocenters. The summed E-state index contributed by atoms with van der Waals surface area (Å²) in [5, 5.41) is 24.1. The van der Waals surface area contributed by atoms with Gasteiger partial charge in [0.2, 0.25) is 18.6 Å². The monoisotopic (exact) mass is 668 g/mol. The Morgan fingerprint density at radius 3 is 1.84 bits per heavy atom. The van der Waals surface area contributed by atoms with Crippen LogP contribution in [0.1, 0.15) is 44.6 Å². The normalized spacial score (nSPS) is 11.4. The van der Waals surface area contributed by atoms with Crippen LogP contribution in [-0.4, -0.2) is 31.5 Å². The Morgan fingerprint density at radius 1 is 0.796 bits per heavy atom. The predicted molar refractivity (Wildman–Crippen MR) is 195 cm³/mol. The second-order valence-corrected chi connectivity index (χ2v) is 14.7. The van der Waals surface area contributed by atoms with Gasteiger partial charge in [0.15, 0.2) is 0 Å².